The fraction of sp³-hybridized carbons (Fsp3) is 0.667. The van der Waals surface area contributed by atoms with Gasteiger partial charge >= 0.3 is 0 Å². The van der Waals surface area contributed by atoms with Gasteiger partial charge in [-0.15, -0.1) is 0 Å². The minimum atomic E-state index is 0.0782. The van der Waals surface area contributed by atoms with E-state index in [1.54, 1.807) is 4.90 Å². The van der Waals surface area contributed by atoms with Crippen molar-refractivity contribution in [2.24, 2.45) is 11.7 Å². The third kappa shape index (κ3) is 4.39. The summed E-state index contributed by atoms with van der Waals surface area (Å²) in [6.07, 6.45) is 3.83. The molecule has 0 saturated carbocycles. The van der Waals surface area contributed by atoms with E-state index in [2.05, 4.69) is 20.8 Å². The van der Waals surface area contributed by atoms with Gasteiger partial charge < -0.3 is 15.2 Å². The maximum Gasteiger partial charge on any atom is 0.270 e. The Morgan fingerprint density at radius 3 is 2.74 bits per heavy atom. The molecule has 1 heterocycles. The molecule has 0 aliphatic carbocycles. The van der Waals surface area contributed by atoms with E-state index in [9.17, 15) is 4.79 Å². The topological polar surface area (TPSA) is 51.3 Å². The first-order valence-electron chi connectivity index (χ1n) is 7.13. The lowest BCUT2D eigenvalue weighted by molar-refractivity contribution is 0.0778. The Labute approximate surface area is 116 Å². The van der Waals surface area contributed by atoms with Crippen molar-refractivity contribution in [3.05, 3.63) is 24.0 Å². The van der Waals surface area contributed by atoms with Gasteiger partial charge in [0.05, 0.1) is 0 Å². The highest BCUT2D eigenvalue weighted by atomic mass is 16.2. The molecular formula is C15H27N3O. The predicted molar refractivity (Wildman–Crippen MR) is 79.1 cm³/mol. The monoisotopic (exact) mass is 265 g/mol. The van der Waals surface area contributed by atoms with Crippen molar-refractivity contribution in [2.45, 2.75) is 46.2 Å². The van der Waals surface area contributed by atoms with Gasteiger partial charge in [-0.05, 0) is 30.9 Å². The van der Waals surface area contributed by atoms with E-state index in [4.69, 9.17) is 5.73 Å². The number of hydrogen-bond acceptors (Lipinski definition) is 2. The summed E-state index contributed by atoms with van der Waals surface area (Å²) in [5.41, 5.74) is 6.78. The van der Waals surface area contributed by atoms with E-state index in [0.29, 0.717) is 12.5 Å². The molecule has 0 aromatic carbocycles. The Morgan fingerprint density at radius 2 is 2.16 bits per heavy atom. The van der Waals surface area contributed by atoms with Gasteiger partial charge in [0.1, 0.15) is 5.69 Å². The van der Waals surface area contributed by atoms with E-state index in [1.807, 2.05) is 29.9 Å². The SMILES string of the molecule is CCCn1cccc1C(=O)N(C)CCC(N)C(C)C. The van der Waals surface area contributed by atoms with Crippen LogP contribution in [0.2, 0.25) is 0 Å². The van der Waals surface area contributed by atoms with Crippen molar-refractivity contribution < 1.29 is 4.79 Å². The molecule has 0 saturated heterocycles. The van der Waals surface area contributed by atoms with Gasteiger partial charge in [0, 0.05) is 32.4 Å². The molecular weight excluding hydrogens is 238 g/mol. The van der Waals surface area contributed by atoms with Crippen LogP contribution >= 0.6 is 0 Å². The number of carbonyl (C=O) groups is 1. The predicted octanol–water partition coefficient (Wildman–Crippen LogP) is 2.34. The molecule has 0 bridgehead atoms. The van der Waals surface area contributed by atoms with Crippen LogP contribution in [0.5, 0.6) is 0 Å². The second-order valence-electron chi connectivity index (χ2n) is 5.51. The maximum atomic E-state index is 12.3. The number of amides is 1. The Morgan fingerprint density at radius 1 is 1.47 bits per heavy atom. The molecule has 108 valence electrons. The number of nitrogens with two attached hydrogens (primary N) is 1. The molecule has 1 amide bonds. The van der Waals surface area contributed by atoms with Crippen LogP contribution in [0.15, 0.2) is 18.3 Å². The lowest BCUT2D eigenvalue weighted by Gasteiger charge is -2.22. The Balaban J connectivity index is 2.59. The van der Waals surface area contributed by atoms with Crippen molar-refractivity contribution in [3.63, 3.8) is 0 Å². The maximum absolute atomic E-state index is 12.3. The smallest absolute Gasteiger partial charge is 0.270 e. The molecule has 1 rings (SSSR count). The van der Waals surface area contributed by atoms with Crippen LogP contribution in [0, 0.1) is 5.92 Å². The Hall–Kier alpha value is -1.29. The van der Waals surface area contributed by atoms with Crippen LogP contribution in [0.4, 0.5) is 0 Å². The molecule has 0 aliphatic rings. The first-order chi connectivity index (χ1) is 8.97. The Kier molecular flexibility index (Phi) is 6.09. The number of aromatic nitrogens is 1. The minimum absolute atomic E-state index is 0.0782. The Bertz CT molecular complexity index is 398. The molecule has 1 aromatic heterocycles. The molecule has 0 aliphatic heterocycles. The lowest BCUT2D eigenvalue weighted by Crippen LogP contribution is -2.35. The standard InChI is InChI=1S/C15H27N3O/c1-5-9-18-10-6-7-14(18)15(19)17(4)11-8-13(16)12(2)3/h6-7,10,12-13H,5,8-9,11,16H2,1-4H3. The minimum Gasteiger partial charge on any atom is -0.344 e. The van der Waals surface area contributed by atoms with Gasteiger partial charge in [0.2, 0.25) is 0 Å². The van der Waals surface area contributed by atoms with Crippen molar-refractivity contribution >= 4 is 5.91 Å². The number of carbonyl (C=O) groups excluding carboxylic acids is 1. The van der Waals surface area contributed by atoms with E-state index in [-0.39, 0.29) is 11.9 Å². The van der Waals surface area contributed by atoms with Gasteiger partial charge in [-0.25, -0.2) is 0 Å². The van der Waals surface area contributed by atoms with Crippen LogP contribution in [0.1, 0.15) is 44.1 Å². The highest BCUT2D eigenvalue weighted by Crippen LogP contribution is 2.09. The zero-order valence-corrected chi connectivity index (χ0v) is 12.6. The van der Waals surface area contributed by atoms with Crippen molar-refractivity contribution in [1.29, 1.82) is 0 Å². The molecule has 1 atom stereocenters. The van der Waals surface area contributed by atoms with Crippen LogP contribution in [-0.4, -0.2) is 35.0 Å². The fourth-order valence-corrected chi connectivity index (χ4v) is 2.02. The van der Waals surface area contributed by atoms with Crippen LogP contribution in [-0.2, 0) is 6.54 Å². The van der Waals surface area contributed by atoms with Crippen LogP contribution in [0.3, 0.4) is 0 Å². The third-order valence-corrected chi connectivity index (χ3v) is 3.51. The zero-order valence-electron chi connectivity index (χ0n) is 12.6. The van der Waals surface area contributed by atoms with Crippen LogP contribution in [0.25, 0.3) is 0 Å². The van der Waals surface area contributed by atoms with Crippen molar-refractivity contribution in [1.82, 2.24) is 9.47 Å². The normalized spacial score (nSPS) is 12.7. The third-order valence-electron chi connectivity index (χ3n) is 3.51. The first-order valence-corrected chi connectivity index (χ1v) is 7.13. The zero-order chi connectivity index (χ0) is 14.4. The molecule has 19 heavy (non-hydrogen) atoms. The van der Waals surface area contributed by atoms with Gasteiger partial charge in [-0.3, -0.25) is 4.79 Å². The first kappa shape index (κ1) is 15.8. The van der Waals surface area contributed by atoms with E-state index >= 15 is 0 Å². The molecule has 0 fully saturated rings. The largest absolute Gasteiger partial charge is 0.344 e. The quantitative estimate of drug-likeness (QED) is 0.822. The summed E-state index contributed by atoms with van der Waals surface area (Å²) in [6, 6.07) is 3.96. The number of aryl methyl sites for hydroxylation is 1. The molecule has 1 aromatic rings. The number of rotatable bonds is 7. The van der Waals surface area contributed by atoms with Gasteiger partial charge in [0.25, 0.3) is 5.91 Å². The molecule has 1 unspecified atom stereocenters. The summed E-state index contributed by atoms with van der Waals surface area (Å²) in [5.74, 6) is 0.530. The van der Waals surface area contributed by atoms with E-state index in [1.165, 1.54) is 0 Å². The summed E-state index contributed by atoms with van der Waals surface area (Å²) in [4.78, 5) is 14.1. The number of nitrogens with zero attached hydrogens (tertiary/aromatic N) is 2. The second-order valence-corrected chi connectivity index (χ2v) is 5.51. The summed E-state index contributed by atoms with van der Waals surface area (Å²) in [5, 5.41) is 0. The van der Waals surface area contributed by atoms with Gasteiger partial charge in [0.15, 0.2) is 0 Å². The highest BCUT2D eigenvalue weighted by molar-refractivity contribution is 5.92. The summed E-state index contributed by atoms with van der Waals surface area (Å²) >= 11 is 0. The summed E-state index contributed by atoms with van der Waals surface area (Å²) < 4.78 is 2.02. The van der Waals surface area contributed by atoms with Gasteiger partial charge in [-0.2, -0.15) is 0 Å². The molecule has 2 N–H and O–H groups in total. The molecule has 0 radical (unpaired) electrons. The summed E-state index contributed by atoms with van der Waals surface area (Å²) in [7, 11) is 1.85. The number of hydrogen-bond donors (Lipinski definition) is 1. The van der Waals surface area contributed by atoms with Crippen molar-refractivity contribution in [2.75, 3.05) is 13.6 Å². The van der Waals surface area contributed by atoms with Crippen LogP contribution < -0.4 is 5.73 Å². The molecule has 4 heteroatoms. The fourth-order valence-electron chi connectivity index (χ4n) is 2.02. The second kappa shape index (κ2) is 7.34. The van der Waals surface area contributed by atoms with Crippen molar-refractivity contribution in [3.8, 4) is 0 Å². The van der Waals surface area contributed by atoms with E-state index < -0.39 is 0 Å². The average molecular weight is 265 g/mol. The summed E-state index contributed by atoms with van der Waals surface area (Å²) in [6.45, 7) is 7.92. The molecule has 0 spiro atoms. The molecule has 4 nitrogen and oxygen atoms in total. The highest BCUT2D eigenvalue weighted by Gasteiger charge is 2.16. The van der Waals surface area contributed by atoms with Gasteiger partial charge in [-0.1, -0.05) is 20.8 Å². The van der Waals surface area contributed by atoms with E-state index in [0.717, 1.165) is 25.1 Å². The average Bonchev–Trinajstić information content (AvgIpc) is 2.83. The lowest BCUT2D eigenvalue weighted by atomic mass is 10.0.